The molecule has 1 fully saturated rings. The topological polar surface area (TPSA) is 62.3 Å². The third-order valence-corrected chi connectivity index (χ3v) is 4.34. The molecule has 2 amide bonds. The van der Waals surface area contributed by atoms with Gasteiger partial charge in [-0.2, -0.15) is 0 Å². The lowest BCUT2D eigenvalue weighted by Gasteiger charge is -2.23. The number of anilines is 1. The zero-order chi connectivity index (χ0) is 14.7. The summed E-state index contributed by atoms with van der Waals surface area (Å²) in [6, 6.07) is 6.78. The highest BCUT2D eigenvalue weighted by Gasteiger charge is 2.34. The number of likely N-dealkylation sites (tertiary alicyclic amines) is 1. The fourth-order valence-electron chi connectivity index (χ4n) is 2.49. The van der Waals surface area contributed by atoms with Crippen molar-refractivity contribution in [3.63, 3.8) is 0 Å². The minimum Gasteiger partial charge on any atom is -0.326 e. The van der Waals surface area contributed by atoms with E-state index in [2.05, 4.69) is 10.3 Å². The van der Waals surface area contributed by atoms with Crippen molar-refractivity contribution in [2.75, 3.05) is 11.9 Å². The summed E-state index contributed by atoms with van der Waals surface area (Å²) in [6.45, 7) is 0.627. The molecular formula is C15H15N3O2S. The lowest BCUT2D eigenvalue weighted by molar-refractivity contribution is -0.119. The maximum Gasteiger partial charge on any atom is 0.264 e. The van der Waals surface area contributed by atoms with Crippen LogP contribution in [-0.2, 0) is 4.79 Å². The molecule has 0 unspecified atom stereocenters. The van der Waals surface area contributed by atoms with Gasteiger partial charge in [0.25, 0.3) is 5.91 Å². The molecule has 0 saturated carbocycles. The second kappa shape index (κ2) is 6.05. The van der Waals surface area contributed by atoms with Gasteiger partial charge in [0.15, 0.2) is 0 Å². The summed E-state index contributed by atoms with van der Waals surface area (Å²) in [5.74, 6) is -0.209. The Labute approximate surface area is 126 Å². The van der Waals surface area contributed by atoms with E-state index in [1.165, 1.54) is 11.3 Å². The molecule has 1 N–H and O–H groups in total. The number of amides is 2. The molecule has 0 radical (unpaired) electrons. The molecule has 0 bridgehead atoms. The first-order valence-electron chi connectivity index (χ1n) is 6.81. The second-order valence-corrected chi connectivity index (χ2v) is 5.81. The van der Waals surface area contributed by atoms with Gasteiger partial charge in [-0.25, -0.2) is 0 Å². The van der Waals surface area contributed by atoms with Crippen LogP contribution in [0.15, 0.2) is 42.0 Å². The lowest BCUT2D eigenvalue weighted by atomic mass is 10.2. The number of carbonyl (C=O) groups is 2. The number of nitrogens with one attached hydrogen (secondary N) is 1. The van der Waals surface area contributed by atoms with E-state index >= 15 is 0 Å². The standard InChI is InChI=1S/C15H15N3O2S/c19-14(17-11-4-1-7-16-10-11)12-5-2-8-18(12)15(20)13-6-3-9-21-13/h1,3-4,6-7,9-10,12H,2,5,8H2,(H,17,19)/t12-/m0/s1. The van der Waals surface area contributed by atoms with Crippen LogP contribution in [-0.4, -0.2) is 34.3 Å². The number of rotatable bonds is 3. The van der Waals surface area contributed by atoms with Crippen LogP contribution >= 0.6 is 11.3 Å². The highest BCUT2D eigenvalue weighted by molar-refractivity contribution is 7.12. The Bertz CT molecular complexity index is 628. The van der Waals surface area contributed by atoms with Crippen molar-refractivity contribution < 1.29 is 9.59 Å². The van der Waals surface area contributed by atoms with Crippen LogP contribution in [0.5, 0.6) is 0 Å². The Balaban J connectivity index is 1.72. The molecular weight excluding hydrogens is 286 g/mol. The molecule has 0 spiro atoms. The summed E-state index contributed by atoms with van der Waals surface area (Å²) >= 11 is 1.40. The first-order valence-corrected chi connectivity index (χ1v) is 7.69. The second-order valence-electron chi connectivity index (χ2n) is 4.86. The number of hydrogen-bond acceptors (Lipinski definition) is 4. The quantitative estimate of drug-likeness (QED) is 0.947. The summed E-state index contributed by atoms with van der Waals surface area (Å²) in [5.41, 5.74) is 0.651. The van der Waals surface area contributed by atoms with Crippen molar-refractivity contribution >= 4 is 28.8 Å². The highest BCUT2D eigenvalue weighted by atomic mass is 32.1. The van der Waals surface area contributed by atoms with Gasteiger partial charge in [-0.1, -0.05) is 6.07 Å². The van der Waals surface area contributed by atoms with E-state index in [4.69, 9.17) is 0 Å². The molecule has 6 heteroatoms. The highest BCUT2D eigenvalue weighted by Crippen LogP contribution is 2.23. The minimum absolute atomic E-state index is 0.0613. The zero-order valence-corrected chi connectivity index (χ0v) is 12.2. The molecule has 2 aromatic heterocycles. The van der Waals surface area contributed by atoms with Gasteiger partial charge in [-0.05, 0) is 36.4 Å². The third kappa shape index (κ3) is 2.95. The van der Waals surface area contributed by atoms with Crippen molar-refractivity contribution in [1.29, 1.82) is 0 Å². The van der Waals surface area contributed by atoms with E-state index in [-0.39, 0.29) is 11.8 Å². The minimum atomic E-state index is -0.403. The fraction of sp³-hybridized carbons (Fsp3) is 0.267. The Morgan fingerprint density at radius 2 is 2.24 bits per heavy atom. The van der Waals surface area contributed by atoms with E-state index in [1.807, 2.05) is 11.4 Å². The number of nitrogens with zero attached hydrogens (tertiary/aromatic N) is 2. The molecule has 3 rings (SSSR count). The molecule has 3 heterocycles. The molecule has 21 heavy (non-hydrogen) atoms. The van der Waals surface area contributed by atoms with Crippen LogP contribution in [0.2, 0.25) is 0 Å². The van der Waals surface area contributed by atoms with Gasteiger partial charge in [-0.15, -0.1) is 11.3 Å². The summed E-state index contributed by atoms with van der Waals surface area (Å²) in [7, 11) is 0. The Morgan fingerprint density at radius 1 is 1.33 bits per heavy atom. The molecule has 1 saturated heterocycles. The molecule has 0 aliphatic carbocycles. The lowest BCUT2D eigenvalue weighted by Crippen LogP contribution is -2.42. The van der Waals surface area contributed by atoms with Crippen molar-refractivity contribution in [1.82, 2.24) is 9.88 Å². The van der Waals surface area contributed by atoms with Crippen molar-refractivity contribution in [3.05, 3.63) is 46.9 Å². The van der Waals surface area contributed by atoms with Gasteiger partial charge in [0, 0.05) is 12.7 Å². The summed E-state index contributed by atoms with van der Waals surface area (Å²) in [5, 5.41) is 4.69. The van der Waals surface area contributed by atoms with Gasteiger partial charge >= 0.3 is 0 Å². The predicted molar refractivity (Wildman–Crippen MR) is 81.2 cm³/mol. The maximum atomic E-state index is 12.4. The van der Waals surface area contributed by atoms with E-state index in [1.54, 1.807) is 35.5 Å². The molecule has 108 valence electrons. The van der Waals surface area contributed by atoms with Crippen LogP contribution in [0.1, 0.15) is 22.5 Å². The number of hydrogen-bond donors (Lipinski definition) is 1. The van der Waals surface area contributed by atoms with Crippen LogP contribution in [0, 0.1) is 0 Å². The molecule has 1 aliphatic rings. The van der Waals surface area contributed by atoms with Gasteiger partial charge in [0.1, 0.15) is 6.04 Å². The number of carbonyl (C=O) groups excluding carboxylic acids is 2. The molecule has 0 aromatic carbocycles. The van der Waals surface area contributed by atoms with E-state index in [9.17, 15) is 9.59 Å². The summed E-state index contributed by atoms with van der Waals surface area (Å²) in [4.78, 5) is 31.1. The zero-order valence-electron chi connectivity index (χ0n) is 11.4. The Hall–Kier alpha value is -2.21. The predicted octanol–water partition coefficient (Wildman–Crippen LogP) is 2.39. The molecule has 1 atom stereocenters. The van der Waals surface area contributed by atoms with Gasteiger partial charge in [0.2, 0.25) is 5.91 Å². The number of aromatic nitrogens is 1. The van der Waals surface area contributed by atoms with Crippen molar-refractivity contribution in [2.24, 2.45) is 0 Å². The van der Waals surface area contributed by atoms with Gasteiger partial charge in [0.05, 0.1) is 16.8 Å². The van der Waals surface area contributed by atoms with Crippen molar-refractivity contribution in [3.8, 4) is 0 Å². The van der Waals surface area contributed by atoms with Crippen molar-refractivity contribution in [2.45, 2.75) is 18.9 Å². The first-order chi connectivity index (χ1) is 10.3. The van der Waals surface area contributed by atoms with Crippen LogP contribution in [0.25, 0.3) is 0 Å². The Morgan fingerprint density at radius 3 is 2.95 bits per heavy atom. The van der Waals surface area contributed by atoms with Crippen LogP contribution < -0.4 is 5.32 Å². The maximum absolute atomic E-state index is 12.4. The Kier molecular flexibility index (Phi) is 3.96. The number of pyridine rings is 1. The monoisotopic (exact) mass is 301 g/mol. The fourth-order valence-corrected chi connectivity index (χ4v) is 3.17. The van der Waals surface area contributed by atoms with E-state index < -0.39 is 6.04 Å². The molecule has 5 nitrogen and oxygen atoms in total. The first kappa shape index (κ1) is 13.8. The summed E-state index contributed by atoms with van der Waals surface area (Å²) in [6.07, 6.45) is 4.79. The summed E-state index contributed by atoms with van der Waals surface area (Å²) < 4.78 is 0. The molecule has 2 aromatic rings. The molecule has 1 aliphatic heterocycles. The SMILES string of the molecule is O=C(Nc1cccnc1)[C@@H]1CCCN1C(=O)c1cccs1. The van der Waals surface area contributed by atoms with Crippen LogP contribution in [0.4, 0.5) is 5.69 Å². The normalized spacial score (nSPS) is 17.7. The van der Waals surface area contributed by atoms with E-state index in [0.717, 1.165) is 6.42 Å². The van der Waals surface area contributed by atoms with E-state index in [0.29, 0.717) is 23.5 Å². The van der Waals surface area contributed by atoms with Crippen LogP contribution in [0.3, 0.4) is 0 Å². The largest absolute Gasteiger partial charge is 0.326 e. The van der Waals surface area contributed by atoms with Gasteiger partial charge in [-0.3, -0.25) is 14.6 Å². The van der Waals surface area contributed by atoms with Gasteiger partial charge < -0.3 is 10.2 Å². The smallest absolute Gasteiger partial charge is 0.264 e. The average molecular weight is 301 g/mol. The third-order valence-electron chi connectivity index (χ3n) is 3.48. The number of thiophene rings is 1. The average Bonchev–Trinajstić information content (AvgIpc) is 3.19.